The van der Waals surface area contributed by atoms with E-state index in [0.29, 0.717) is 0 Å². The minimum absolute atomic E-state index is 0. The highest BCUT2D eigenvalue weighted by Crippen LogP contribution is 2.17. The van der Waals surface area contributed by atoms with Gasteiger partial charge in [0.2, 0.25) is 0 Å². The summed E-state index contributed by atoms with van der Waals surface area (Å²) in [6.45, 7) is -0.250. The summed E-state index contributed by atoms with van der Waals surface area (Å²) in [5.41, 5.74) is 5.29. The lowest BCUT2D eigenvalue weighted by Gasteiger charge is -2.05. The molecule has 1 rings (SSSR count). The normalized spacial score (nSPS) is 8.93. The number of halogens is 2. The van der Waals surface area contributed by atoms with Gasteiger partial charge in [0.15, 0.2) is 6.61 Å². The van der Waals surface area contributed by atoms with Crippen molar-refractivity contribution in [3.8, 4) is 5.75 Å². The molecule has 6 heteroatoms. The van der Waals surface area contributed by atoms with Crippen LogP contribution in [0.15, 0.2) is 18.2 Å². The molecule has 15 heavy (non-hydrogen) atoms. The molecule has 0 unspecified atom stereocenters. The highest BCUT2D eigenvalue weighted by Gasteiger charge is 2.04. The summed E-state index contributed by atoms with van der Waals surface area (Å²) in [6, 6.07) is 3.95. The van der Waals surface area contributed by atoms with Crippen LogP contribution in [-0.4, -0.2) is 19.7 Å². The molecule has 0 fully saturated rings. The number of benzene rings is 1. The first-order valence-corrected chi connectivity index (χ1v) is 3.88. The van der Waals surface area contributed by atoms with E-state index < -0.39 is 11.8 Å². The fourth-order valence-corrected chi connectivity index (χ4v) is 0.799. The van der Waals surface area contributed by atoms with Gasteiger partial charge in [-0.3, -0.25) is 0 Å². The summed E-state index contributed by atoms with van der Waals surface area (Å²) in [7, 11) is 1.25. The largest absolute Gasteiger partial charge is 0.482 e. The van der Waals surface area contributed by atoms with Crippen molar-refractivity contribution < 1.29 is 18.7 Å². The summed E-state index contributed by atoms with van der Waals surface area (Å²) < 4.78 is 22.1. The Hall–Kier alpha value is -1.49. The summed E-state index contributed by atoms with van der Waals surface area (Å²) >= 11 is 0. The highest BCUT2D eigenvalue weighted by atomic mass is 35.5. The van der Waals surface area contributed by atoms with Crippen LogP contribution in [0.2, 0.25) is 0 Å². The van der Waals surface area contributed by atoms with Crippen molar-refractivity contribution in [3.05, 3.63) is 24.0 Å². The molecule has 0 saturated heterocycles. The van der Waals surface area contributed by atoms with Crippen LogP contribution in [0.5, 0.6) is 5.75 Å². The van der Waals surface area contributed by atoms with E-state index in [1.165, 1.54) is 19.2 Å². The molecule has 1 aromatic carbocycles. The maximum atomic E-state index is 12.9. The minimum Gasteiger partial charge on any atom is -0.482 e. The third-order valence-corrected chi connectivity index (χ3v) is 1.56. The van der Waals surface area contributed by atoms with E-state index in [9.17, 15) is 9.18 Å². The molecule has 0 saturated carbocycles. The van der Waals surface area contributed by atoms with Gasteiger partial charge < -0.3 is 15.2 Å². The molecule has 84 valence electrons. The van der Waals surface area contributed by atoms with Crippen molar-refractivity contribution in [1.29, 1.82) is 0 Å². The van der Waals surface area contributed by atoms with Crippen LogP contribution in [0.4, 0.5) is 10.1 Å². The van der Waals surface area contributed by atoms with Crippen LogP contribution >= 0.6 is 12.4 Å². The van der Waals surface area contributed by atoms with Crippen molar-refractivity contribution in [2.75, 3.05) is 19.5 Å². The third-order valence-electron chi connectivity index (χ3n) is 1.56. The molecule has 0 aliphatic rings. The molecule has 0 aliphatic carbocycles. The predicted molar refractivity (Wildman–Crippen MR) is 55.6 cm³/mol. The number of ether oxygens (including phenoxy) is 2. The zero-order valence-electron chi connectivity index (χ0n) is 8.03. The first-order chi connectivity index (χ1) is 6.63. The van der Waals surface area contributed by atoms with Crippen LogP contribution in [0.1, 0.15) is 0 Å². The smallest absolute Gasteiger partial charge is 0.343 e. The van der Waals surface area contributed by atoms with Crippen molar-refractivity contribution in [1.82, 2.24) is 0 Å². The Kier molecular flexibility index (Phi) is 5.48. The molecule has 0 amide bonds. The maximum Gasteiger partial charge on any atom is 0.343 e. The van der Waals surface area contributed by atoms with E-state index in [1.54, 1.807) is 0 Å². The van der Waals surface area contributed by atoms with E-state index >= 15 is 0 Å². The molecule has 0 atom stereocenters. The molecule has 0 bridgehead atoms. The minimum atomic E-state index is -0.577. The van der Waals surface area contributed by atoms with Crippen molar-refractivity contribution in [2.24, 2.45) is 0 Å². The van der Waals surface area contributed by atoms with Gasteiger partial charge in [-0.2, -0.15) is 0 Å². The van der Waals surface area contributed by atoms with Gasteiger partial charge >= 0.3 is 5.97 Å². The van der Waals surface area contributed by atoms with Gasteiger partial charge in [0.1, 0.15) is 11.6 Å². The van der Waals surface area contributed by atoms with Crippen LogP contribution in [0.25, 0.3) is 0 Å². The molecule has 0 heterocycles. The van der Waals surface area contributed by atoms with Gasteiger partial charge in [-0.15, -0.1) is 12.4 Å². The number of rotatable bonds is 3. The molecule has 4 nitrogen and oxygen atoms in total. The van der Waals surface area contributed by atoms with E-state index in [0.717, 1.165) is 6.07 Å². The van der Waals surface area contributed by atoms with Gasteiger partial charge in [-0.1, -0.05) is 0 Å². The Morgan fingerprint density at radius 3 is 2.73 bits per heavy atom. The lowest BCUT2D eigenvalue weighted by Crippen LogP contribution is -2.12. The number of carbonyl (C=O) groups is 1. The number of nitrogens with two attached hydrogens (primary N) is 1. The van der Waals surface area contributed by atoms with Crippen molar-refractivity contribution in [2.45, 2.75) is 0 Å². The lowest BCUT2D eigenvalue weighted by molar-refractivity contribution is -0.142. The van der Waals surface area contributed by atoms with Gasteiger partial charge in [0.05, 0.1) is 12.8 Å². The fourth-order valence-electron chi connectivity index (χ4n) is 0.799. The van der Waals surface area contributed by atoms with Crippen LogP contribution in [-0.2, 0) is 9.53 Å². The Morgan fingerprint density at radius 2 is 2.20 bits per heavy atom. The first kappa shape index (κ1) is 13.5. The molecule has 0 aromatic heterocycles. The molecule has 0 radical (unpaired) electrons. The SMILES string of the molecule is COC(=O)COc1ccc(N)c(F)c1.Cl. The van der Waals surface area contributed by atoms with Crippen molar-refractivity contribution in [3.63, 3.8) is 0 Å². The first-order valence-electron chi connectivity index (χ1n) is 3.88. The summed E-state index contributed by atoms with van der Waals surface area (Å²) in [6.07, 6.45) is 0. The molecular formula is C9H11ClFNO3. The van der Waals surface area contributed by atoms with Crippen molar-refractivity contribution >= 4 is 24.1 Å². The zero-order chi connectivity index (χ0) is 10.6. The average molecular weight is 236 g/mol. The Morgan fingerprint density at radius 1 is 1.53 bits per heavy atom. The van der Waals surface area contributed by atoms with Gasteiger partial charge in [-0.05, 0) is 12.1 Å². The number of hydrogen-bond acceptors (Lipinski definition) is 4. The fraction of sp³-hybridized carbons (Fsp3) is 0.222. The molecule has 0 spiro atoms. The summed E-state index contributed by atoms with van der Waals surface area (Å²) in [5, 5.41) is 0. The number of nitrogen functional groups attached to an aromatic ring is 1. The molecular weight excluding hydrogens is 225 g/mol. The maximum absolute atomic E-state index is 12.9. The monoisotopic (exact) mass is 235 g/mol. The van der Waals surface area contributed by atoms with Gasteiger partial charge in [-0.25, -0.2) is 9.18 Å². The summed E-state index contributed by atoms with van der Waals surface area (Å²) in [5.74, 6) is -0.864. The Bertz CT molecular complexity index is 346. The second-order valence-electron chi connectivity index (χ2n) is 2.55. The highest BCUT2D eigenvalue weighted by molar-refractivity contribution is 5.85. The molecule has 1 aromatic rings. The summed E-state index contributed by atoms with van der Waals surface area (Å²) in [4.78, 5) is 10.7. The van der Waals surface area contributed by atoms with E-state index in [4.69, 9.17) is 10.5 Å². The van der Waals surface area contributed by atoms with Crippen LogP contribution < -0.4 is 10.5 Å². The number of methoxy groups -OCH3 is 1. The Balaban J connectivity index is 0.00000196. The quantitative estimate of drug-likeness (QED) is 0.635. The van der Waals surface area contributed by atoms with Crippen LogP contribution in [0.3, 0.4) is 0 Å². The standard InChI is InChI=1S/C9H10FNO3.ClH/c1-13-9(12)5-14-6-2-3-8(11)7(10)4-6;/h2-4H,5,11H2,1H3;1H. The van der Waals surface area contributed by atoms with E-state index in [2.05, 4.69) is 4.74 Å². The van der Waals surface area contributed by atoms with Gasteiger partial charge in [0.25, 0.3) is 0 Å². The van der Waals surface area contributed by atoms with Gasteiger partial charge in [0, 0.05) is 6.07 Å². The lowest BCUT2D eigenvalue weighted by atomic mass is 10.3. The van der Waals surface area contributed by atoms with E-state index in [-0.39, 0.29) is 30.5 Å². The predicted octanol–water partition coefficient (Wildman–Crippen LogP) is 1.38. The topological polar surface area (TPSA) is 61.5 Å². The third kappa shape index (κ3) is 4.03. The molecule has 0 aliphatic heterocycles. The van der Waals surface area contributed by atoms with E-state index in [1.807, 2.05) is 0 Å². The second kappa shape index (κ2) is 6.08. The zero-order valence-corrected chi connectivity index (χ0v) is 8.84. The number of hydrogen-bond donors (Lipinski definition) is 1. The second-order valence-corrected chi connectivity index (χ2v) is 2.55. The molecule has 2 N–H and O–H groups in total. The Labute approximate surface area is 92.6 Å². The number of esters is 1. The number of anilines is 1. The number of carbonyl (C=O) groups excluding carboxylic acids is 1. The average Bonchev–Trinajstić information content (AvgIpc) is 2.19. The van der Waals surface area contributed by atoms with Crippen LogP contribution in [0, 0.1) is 5.82 Å².